The van der Waals surface area contributed by atoms with Gasteiger partial charge in [0.25, 0.3) is 5.91 Å². The molecule has 0 atom stereocenters. The molecule has 0 unspecified atom stereocenters. The second kappa shape index (κ2) is 5.48. The van der Waals surface area contributed by atoms with Crippen LogP contribution in [0, 0.1) is 11.3 Å². The minimum atomic E-state index is -0.245. The highest BCUT2D eigenvalue weighted by Gasteiger charge is 2.11. The first-order chi connectivity index (χ1) is 8.72. The normalized spacial score (nSPS) is 9.56. The first kappa shape index (κ1) is 12.3. The second-order valence-electron chi connectivity index (χ2n) is 3.59. The predicted molar refractivity (Wildman–Crippen MR) is 73.3 cm³/mol. The molecule has 0 saturated heterocycles. The van der Waals surface area contributed by atoms with E-state index >= 15 is 0 Å². The van der Waals surface area contributed by atoms with E-state index in [1.807, 2.05) is 12.1 Å². The summed E-state index contributed by atoms with van der Waals surface area (Å²) >= 11 is 3.32. The van der Waals surface area contributed by atoms with E-state index in [4.69, 9.17) is 5.26 Å². The molecule has 0 radical (unpaired) electrons. The van der Waals surface area contributed by atoms with E-state index in [1.165, 1.54) is 0 Å². The largest absolute Gasteiger partial charge is 0.321 e. The Balaban J connectivity index is 2.28. The smallest absolute Gasteiger partial charge is 0.256 e. The molecule has 2 aromatic rings. The number of halogens is 1. The van der Waals surface area contributed by atoms with Crippen LogP contribution < -0.4 is 5.32 Å². The Morgan fingerprint density at radius 3 is 2.50 bits per heavy atom. The number of nitriles is 1. The number of carbonyl (C=O) groups excluding carboxylic acids is 1. The average Bonchev–Trinajstić information content (AvgIpc) is 2.39. The Bertz CT molecular complexity index is 632. The van der Waals surface area contributed by atoms with Crippen LogP contribution in [0.1, 0.15) is 15.9 Å². The van der Waals surface area contributed by atoms with Gasteiger partial charge in [0.1, 0.15) is 6.07 Å². The van der Waals surface area contributed by atoms with Crippen molar-refractivity contribution in [2.24, 2.45) is 0 Å². The number of para-hydroxylation sites is 1. The van der Waals surface area contributed by atoms with Gasteiger partial charge in [-0.2, -0.15) is 5.26 Å². The molecule has 0 aliphatic carbocycles. The number of anilines is 1. The lowest BCUT2D eigenvalue weighted by Gasteiger charge is -2.07. The van der Waals surface area contributed by atoms with Gasteiger partial charge in [-0.1, -0.05) is 24.3 Å². The number of nitrogens with zero attached hydrogens (tertiary/aromatic N) is 1. The number of hydrogen-bond donors (Lipinski definition) is 1. The quantitative estimate of drug-likeness (QED) is 0.922. The number of amides is 1. The minimum Gasteiger partial charge on any atom is -0.321 e. The van der Waals surface area contributed by atoms with Crippen molar-refractivity contribution in [3.8, 4) is 6.07 Å². The molecule has 0 aromatic heterocycles. The fourth-order valence-corrected chi connectivity index (χ4v) is 1.99. The Labute approximate surface area is 113 Å². The van der Waals surface area contributed by atoms with Crippen molar-refractivity contribution in [2.45, 2.75) is 0 Å². The fourth-order valence-electron chi connectivity index (χ4n) is 1.52. The van der Waals surface area contributed by atoms with Crippen molar-refractivity contribution < 1.29 is 4.79 Å². The predicted octanol–water partition coefficient (Wildman–Crippen LogP) is 3.57. The van der Waals surface area contributed by atoms with Crippen molar-refractivity contribution in [1.29, 1.82) is 5.26 Å². The van der Waals surface area contributed by atoms with Gasteiger partial charge in [0.15, 0.2) is 0 Å². The van der Waals surface area contributed by atoms with E-state index in [9.17, 15) is 4.79 Å². The van der Waals surface area contributed by atoms with Crippen LogP contribution in [0.2, 0.25) is 0 Å². The number of benzene rings is 2. The lowest BCUT2D eigenvalue weighted by atomic mass is 10.1. The van der Waals surface area contributed by atoms with E-state index in [-0.39, 0.29) is 5.91 Å². The van der Waals surface area contributed by atoms with Crippen LogP contribution in [0.15, 0.2) is 53.0 Å². The zero-order chi connectivity index (χ0) is 13.0. The van der Waals surface area contributed by atoms with Crippen LogP contribution in [-0.2, 0) is 0 Å². The van der Waals surface area contributed by atoms with Gasteiger partial charge >= 0.3 is 0 Å². The molecule has 0 aliphatic heterocycles. The van der Waals surface area contributed by atoms with Crippen LogP contribution >= 0.6 is 15.9 Å². The Morgan fingerprint density at radius 2 is 1.78 bits per heavy atom. The second-order valence-corrected chi connectivity index (χ2v) is 4.45. The molecule has 0 spiro atoms. The maximum absolute atomic E-state index is 12.1. The van der Waals surface area contributed by atoms with Crippen molar-refractivity contribution in [3.63, 3.8) is 0 Å². The summed E-state index contributed by atoms with van der Waals surface area (Å²) in [6.45, 7) is 0. The third-order valence-corrected chi connectivity index (χ3v) is 3.11. The van der Waals surface area contributed by atoms with Gasteiger partial charge < -0.3 is 5.32 Å². The standard InChI is InChI=1S/C14H9BrN2O/c15-12-7-3-2-6-11(12)14(18)17-13-8-4-1-5-10(13)9-16/h1-8H,(H,17,18). The summed E-state index contributed by atoms with van der Waals surface area (Å²) in [5.41, 5.74) is 1.49. The summed E-state index contributed by atoms with van der Waals surface area (Å²) in [6, 6.07) is 16.1. The maximum atomic E-state index is 12.1. The summed E-state index contributed by atoms with van der Waals surface area (Å²) in [5.74, 6) is -0.245. The number of carbonyl (C=O) groups is 1. The zero-order valence-electron chi connectivity index (χ0n) is 9.35. The lowest BCUT2D eigenvalue weighted by molar-refractivity contribution is 0.102. The molecule has 4 heteroatoms. The summed E-state index contributed by atoms with van der Waals surface area (Å²) in [5, 5.41) is 11.7. The monoisotopic (exact) mass is 300 g/mol. The molecule has 18 heavy (non-hydrogen) atoms. The Morgan fingerprint density at radius 1 is 1.11 bits per heavy atom. The molecule has 2 rings (SSSR count). The zero-order valence-corrected chi connectivity index (χ0v) is 10.9. The average molecular weight is 301 g/mol. The van der Waals surface area contributed by atoms with Crippen LogP contribution in [0.4, 0.5) is 5.69 Å². The number of hydrogen-bond acceptors (Lipinski definition) is 2. The van der Waals surface area contributed by atoms with Crippen LogP contribution in [0.25, 0.3) is 0 Å². The molecule has 0 bridgehead atoms. The van der Waals surface area contributed by atoms with Gasteiger partial charge in [0.05, 0.1) is 16.8 Å². The van der Waals surface area contributed by atoms with Crippen LogP contribution in [-0.4, -0.2) is 5.91 Å². The van der Waals surface area contributed by atoms with Gasteiger partial charge in [-0.25, -0.2) is 0 Å². The van der Waals surface area contributed by atoms with Crippen molar-refractivity contribution in [3.05, 3.63) is 64.1 Å². The Hall–Kier alpha value is -2.12. The minimum absolute atomic E-state index is 0.245. The third kappa shape index (κ3) is 2.58. The van der Waals surface area contributed by atoms with Crippen molar-refractivity contribution in [1.82, 2.24) is 0 Å². The first-order valence-corrected chi connectivity index (χ1v) is 6.06. The topological polar surface area (TPSA) is 52.9 Å². The lowest BCUT2D eigenvalue weighted by Crippen LogP contribution is -2.13. The van der Waals surface area contributed by atoms with Gasteiger partial charge in [-0.15, -0.1) is 0 Å². The van der Waals surface area contributed by atoms with Crippen LogP contribution in [0.3, 0.4) is 0 Å². The van der Waals surface area contributed by atoms with Crippen LogP contribution in [0.5, 0.6) is 0 Å². The molecule has 0 heterocycles. The van der Waals surface area contributed by atoms with E-state index in [0.29, 0.717) is 16.8 Å². The highest BCUT2D eigenvalue weighted by molar-refractivity contribution is 9.10. The first-order valence-electron chi connectivity index (χ1n) is 5.27. The van der Waals surface area contributed by atoms with E-state index in [2.05, 4.69) is 21.2 Å². The Kier molecular flexibility index (Phi) is 3.75. The summed E-state index contributed by atoms with van der Waals surface area (Å²) in [6.07, 6.45) is 0. The molecular formula is C14H9BrN2O. The number of rotatable bonds is 2. The SMILES string of the molecule is N#Cc1ccccc1NC(=O)c1ccccc1Br. The number of nitrogens with one attached hydrogen (secondary N) is 1. The molecular weight excluding hydrogens is 292 g/mol. The van der Waals surface area contributed by atoms with E-state index in [1.54, 1.807) is 42.5 Å². The summed E-state index contributed by atoms with van der Waals surface area (Å²) in [4.78, 5) is 12.1. The highest BCUT2D eigenvalue weighted by atomic mass is 79.9. The third-order valence-electron chi connectivity index (χ3n) is 2.41. The molecule has 0 aliphatic rings. The summed E-state index contributed by atoms with van der Waals surface area (Å²) < 4.78 is 0.719. The molecule has 2 aromatic carbocycles. The fraction of sp³-hybridized carbons (Fsp3) is 0. The van der Waals surface area contributed by atoms with Gasteiger partial charge in [0.2, 0.25) is 0 Å². The molecule has 0 saturated carbocycles. The molecule has 0 fully saturated rings. The van der Waals surface area contributed by atoms with Crippen molar-refractivity contribution >= 4 is 27.5 Å². The van der Waals surface area contributed by atoms with Gasteiger partial charge in [-0.05, 0) is 40.2 Å². The highest BCUT2D eigenvalue weighted by Crippen LogP contribution is 2.19. The maximum Gasteiger partial charge on any atom is 0.256 e. The molecule has 1 N–H and O–H groups in total. The van der Waals surface area contributed by atoms with E-state index < -0.39 is 0 Å². The van der Waals surface area contributed by atoms with Gasteiger partial charge in [-0.3, -0.25) is 4.79 Å². The molecule has 1 amide bonds. The molecule has 3 nitrogen and oxygen atoms in total. The van der Waals surface area contributed by atoms with E-state index in [0.717, 1.165) is 4.47 Å². The van der Waals surface area contributed by atoms with Gasteiger partial charge in [0, 0.05) is 4.47 Å². The summed E-state index contributed by atoms with van der Waals surface area (Å²) in [7, 11) is 0. The van der Waals surface area contributed by atoms with Crippen molar-refractivity contribution in [2.75, 3.05) is 5.32 Å². The molecule has 88 valence electrons.